The maximum atomic E-state index is 13.0. The van der Waals surface area contributed by atoms with Crippen LogP contribution in [-0.2, 0) is 9.59 Å². The Morgan fingerprint density at radius 2 is 1.75 bits per heavy atom. The van der Waals surface area contributed by atoms with Crippen molar-refractivity contribution in [2.45, 2.75) is 19.4 Å². The Hall–Kier alpha value is -3.68. The van der Waals surface area contributed by atoms with Gasteiger partial charge in [0.25, 0.3) is 11.7 Å². The molecule has 2 aliphatic rings. The Kier molecular flexibility index (Phi) is 5.94. The van der Waals surface area contributed by atoms with Gasteiger partial charge in [-0.2, -0.15) is 0 Å². The Balaban J connectivity index is 1.86. The molecule has 1 fully saturated rings. The number of fused-ring (bicyclic) bond motifs is 1. The lowest BCUT2D eigenvalue weighted by Crippen LogP contribution is -2.30. The highest BCUT2D eigenvalue weighted by atomic mass is 16.6. The van der Waals surface area contributed by atoms with E-state index in [-0.39, 0.29) is 11.3 Å². The highest BCUT2D eigenvalue weighted by Gasteiger charge is 2.46. The van der Waals surface area contributed by atoms with Gasteiger partial charge >= 0.3 is 0 Å². The first-order chi connectivity index (χ1) is 15.5. The number of methoxy groups -OCH3 is 2. The summed E-state index contributed by atoms with van der Waals surface area (Å²) in [6.07, 6.45) is 0.654. The molecule has 8 nitrogen and oxygen atoms in total. The van der Waals surface area contributed by atoms with E-state index in [1.807, 2.05) is 6.92 Å². The number of aliphatic hydroxyl groups is 1. The third kappa shape index (κ3) is 3.62. The standard InChI is InChI=1S/C24H25NO7/c1-4-9-25-21(14-5-7-16(29-2)18(12-14)30-3)20(23(27)24(25)28)22(26)15-6-8-17-19(13-15)32-11-10-31-17/h5-8,12-13,21,26H,4,9-11H2,1-3H3/b22-20+. The lowest BCUT2D eigenvalue weighted by molar-refractivity contribution is -0.139. The summed E-state index contributed by atoms with van der Waals surface area (Å²) in [5.41, 5.74) is 1.02. The minimum absolute atomic E-state index is 0.0207. The van der Waals surface area contributed by atoms with Crippen LogP contribution in [0.25, 0.3) is 5.76 Å². The predicted octanol–water partition coefficient (Wildman–Crippen LogP) is 3.31. The van der Waals surface area contributed by atoms with Crippen LogP contribution in [0.5, 0.6) is 23.0 Å². The molecule has 0 radical (unpaired) electrons. The van der Waals surface area contributed by atoms with Crippen molar-refractivity contribution in [1.29, 1.82) is 0 Å². The fourth-order valence-corrected chi connectivity index (χ4v) is 4.07. The monoisotopic (exact) mass is 439 g/mol. The van der Waals surface area contributed by atoms with E-state index in [9.17, 15) is 14.7 Å². The van der Waals surface area contributed by atoms with Gasteiger partial charge in [0.15, 0.2) is 23.0 Å². The Bertz CT molecular complexity index is 1090. The molecule has 1 atom stereocenters. The van der Waals surface area contributed by atoms with Gasteiger partial charge in [-0.05, 0) is 42.3 Å². The number of rotatable bonds is 6. The molecule has 2 heterocycles. The molecule has 0 aliphatic carbocycles. The normalized spacial score (nSPS) is 19.2. The molecule has 0 saturated carbocycles. The fourth-order valence-electron chi connectivity index (χ4n) is 4.07. The summed E-state index contributed by atoms with van der Waals surface area (Å²) in [5.74, 6) is 0.387. The summed E-state index contributed by atoms with van der Waals surface area (Å²) in [5, 5.41) is 11.2. The average Bonchev–Trinajstić information content (AvgIpc) is 3.08. The van der Waals surface area contributed by atoms with Crippen molar-refractivity contribution in [3.63, 3.8) is 0 Å². The predicted molar refractivity (Wildman–Crippen MR) is 116 cm³/mol. The van der Waals surface area contributed by atoms with Crippen LogP contribution in [-0.4, -0.2) is 55.7 Å². The van der Waals surface area contributed by atoms with Crippen molar-refractivity contribution < 1.29 is 33.6 Å². The molecule has 0 bridgehead atoms. The Labute approximate surface area is 185 Å². The smallest absolute Gasteiger partial charge is 0.295 e. The minimum atomic E-state index is -0.761. The first-order valence-electron chi connectivity index (χ1n) is 10.4. The van der Waals surface area contributed by atoms with Crippen molar-refractivity contribution in [3.05, 3.63) is 53.1 Å². The number of amides is 1. The maximum absolute atomic E-state index is 13.0. The number of hydrogen-bond acceptors (Lipinski definition) is 7. The summed E-state index contributed by atoms with van der Waals surface area (Å²) in [7, 11) is 3.04. The number of Topliss-reactive ketones (excluding diaryl/α,β-unsaturated/α-hetero) is 1. The van der Waals surface area contributed by atoms with E-state index in [1.54, 1.807) is 36.4 Å². The quantitative estimate of drug-likeness (QED) is 0.419. The van der Waals surface area contributed by atoms with Crippen molar-refractivity contribution in [2.75, 3.05) is 34.0 Å². The van der Waals surface area contributed by atoms with Crippen molar-refractivity contribution in [1.82, 2.24) is 4.90 Å². The molecule has 2 aromatic rings. The molecule has 1 N–H and O–H groups in total. The number of carbonyl (C=O) groups excluding carboxylic acids is 2. The van der Waals surface area contributed by atoms with Gasteiger partial charge in [0, 0.05) is 12.1 Å². The molecule has 8 heteroatoms. The molecule has 168 valence electrons. The van der Waals surface area contributed by atoms with Crippen LogP contribution in [0.1, 0.15) is 30.5 Å². The second kappa shape index (κ2) is 8.82. The van der Waals surface area contributed by atoms with Crippen molar-refractivity contribution in [3.8, 4) is 23.0 Å². The third-order valence-corrected chi connectivity index (χ3v) is 5.54. The molecule has 2 aromatic carbocycles. The second-order valence-electron chi connectivity index (χ2n) is 7.47. The first-order valence-corrected chi connectivity index (χ1v) is 10.4. The summed E-state index contributed by atoms with van der Waals surface area (Å²) >= 11 is 0. The number of likely N-dealkylation sites (tertiary alicyclic amines) is 1. The summed E-state index contributed by atoms with van der Waals surface area (Å²) in [4.78, 5) is 27.4. The van der Waals surface area contributed by atoms with Crippen molar-refractivity contribution >= 4 is 17.4 Å². The molecule has 1 saturated heterocycles. The second-order valence-corrected chi connectivity index (χ2v) is 7.47. The molecule has 1 unspecified atom stereocenters. The number of ether oxygens (including phenoxy) is 4. The van der Waals surface area contributed by atoms with Crippen LogP contribution >= 0.6 is 0 Å². The van der Waals surface area contributed by atoms with E-state index in [1.165, 1.54) is 19.1 Å². The summed E-state index contributed by atoms with van der Waals surface area (Å²) in [6.45, 7) is 3.12. The van der Waals surface area contributed by atoms with Gasteiger partial charge in [-0.3, -0.25) is 9.59 Å². The van der Waals surface area contributed by atoms with Crippen LogP contribution in [0.4, 0.5) is 0 Å². The van der Waals surface area contributed by atoms with Gasteiger partial charge in [0.2, 0.25) is 0 Å². The summed E-state index contributed by atoms with van der Waals surface area (Å²) < 4.78 is 21.8. The largest absolute Gasteiger partial charge is 0.507 e. The van der Waals surface area contributed by atoms with Gasteiger partial charge in [-0.25, -0.2) is 0 Å². The molecule has 1 amide bonds. The lowest BCUT2D eigenvalue weighted by Gasteiger charge is -2.25. The zero-order chi connectivity index (χ0) is 22.8. The van der Waals surface area contributed by atoms with Gasteiger partial charge in [-0.15, -0.1) is 0 Å². The van der Waals surface area contributed by atoms with Crippen LogP contribution in [0.3, 0.4) is 0 Å². The summed E-state index contributed by atoms with van der Waals surface area (Å²) in [6, 6.07) is 9.36. The van der Waals surface area contributed by atoms with E-state index in [0.717, 1.165) is 0 Å². The van der Waals surface area contributed by atoms with Gasteiger partial charge in [0.05, 0.1) is 25.8 Å². The fraction of sp³-hybridized carbons (Fsp3) is 0.333. The van der Waals surface area contributed by atoms with Crippen LogP contribution in [0.2, 0.25) is 0 Å². The van der Waals surface area contributed by atoms with Crippen LogP contribution in [0, 0.1) is 0 Å². The Morgan fingerprint density at radius 3 is 2.44 bits per heavy atom. The average molecular weight is 439 g/mol. The zero-order valence-corrected chi connectivity index (χ0v) is 18.2. The number of nitrogens with zero attached hydrogens (tertiary/aromatic N) is 1. The first kappa shape index (κ1) is 21.5. The number of ketones is 1. The van der Waals surface area contributed by atoms with Crippen LogP contribution in [0.15, 0.2) is 42.0 Å². The minimum Gasteiger partial charge on any atom is -0.507 e. The number of aliphatic hydroxyl groups excluding tert-OH is 1. The number of carbonyl (C=O) groups is 2. The Morgan fingerprint density at radius 1 is 1.03 bits per heavy atom. The molecule has 0 spiro atoms. The molecule has 32 heavy (non-hydrogen) atoms. The zero-order valence-electron chi connectivity index (χ0n) is 18.2. The number of hydrogen-bond donors (Lipinski definition) is 1. The van der Waals surface area contributed by atoms with Crippen LogP contribution < -0.4 is 18.9 Å². The van der Waals surface area contributed by atoms with E-state index >= 15 is 0 Å². The van der Waals surface area contributed by atoms with Gasteiger partial charge in [-0.1, -0.05) is 13.0 Å². The SMILES string of the molecule is CCCN1C(=O)C(=O)/C(=C(/O)c2ccc3c(c2)OCCO3)C1c1ccc(OC)c(OC)c1. The van der Waals surface area contributed by atoms with E-state index < -0.39 is 17.7 Å². The van der Waals surface area contributed by atoms with E-state index in [2.05, 4.69) is 0 Å². The lowest BCUT2D eigenvalue weighted by atomic mass is 9.94. The topological polar surface area (TPSA) is 94.5 Å². The van der Waals surface area contributed by atoms with E-state index in [0.29, 0.717) is 60.3 Å². The maximum Gasteiger partial charge on any atom is 0.295 e. The molecular formula is C24H25NO7. The van der Waals surface area contributed by atoms with Gasteiger partial charge in [0.1, 0.15) is 19.0 Å². The molecule has 4 rings (SSSR count). The molecule has 0 aromatic heterocycles. The molecule has 2 aliphatic heterocycles. The number of benzene rings is 2. The highest BCUT2D eigenvalue weighted by molar-refractivity contribution is 6.46. The van der Waals surface area contributed by atoms with Gasteiger partial charge < -0.3 is 29.0 Å². The van der Waals surface area contributed by atoms with Crippen molar-refractivity contribution in [2.24, 2.45) is 0 Å². The highest BCUT2D eigenvalue weighted by Crippen LogP contribution is 2.43. The van der Waals surface area contributed by atoms with E-state index in [4.69, 9.17) is 18.9 Å². The molecular weight excluding hydrogens is 414 g/mol. The third-order valence-electron chi connectivity index (χ3n) is 5.54.